The van der Waals surface area contributed by atoms with Crippen LogP contribution < -0.4 is 10.6 Å². The van der Waals surface area contributed by atoms with Crippen molar-refractivity contribution in [1.29, 1.82) is 0 Å². The summed E-state index contributed by atoms with van der Waals surface area (Å²) >= 11 is 0. The molecule has 1 aliphatic rings. The van der Waals surface area contributed by atoms with Gasteiger partial charge >= 0.3 is 11.9 Å². The number of cyclic esters (lactones) is 2. The lowest BCUT2D eigenvalue weighted by atomic mass is 9.92. The molecular weight excluding hydrogens is 759 g/mol. The molecule has 10 atom stereocenters. The van der Waals surface area contributed by atoms with Gasteiger partial charge < -0.3 is 39.9 Å². The maximum Gasteiger partial charge on any atom is 0.334 e. The molecule has 1 aromatic carbocycles. The zero-order valence-corrected chi connectivity index (χ0v) is 37.2. The number of aliphatic hydroxyl groups is 1. The summed E-state index contributed by atoms with van der Waals surface area (Å²) in [6.07, 6.45) is 0.625. The number of nitrogens with zero attached hydrogens (tertiary/aromatic N) is 3. The molecule has 330 valence electrons. The van der Waals surface area contributed by atoms with Crippen molar-refractivity contribution in [2.45, 2.75) is 143 Å². The average molecular weight is 828 g/mol. The number of esters is 2. The van der Waals surface area contributed by atoms with E-state index >= 15 is 0 Å². The summed E-state index contributed by atoms with van der Waals surface area (Å²) in [6, 6.07) is 4.69. The molecule has 0 saturated heterocycles. The van der Waals surface area contributed by atoms with Crippen LogP contribution in [0, 0.1) is 17.8 Å². The van der Waals surface area contributed by atoms with Crippen molar-refractivity contribution in [2.75, 3.05) is 27.7 Å². The number of amides is 5. The minimum absolute atomic E-state index is 0.0141. The average Bonchev–Trinajstić information content (AvgIpc) is 3.22. The summed E-state index contributed by atoms with van der Waals surface area (Å²) in [7, 11) is 4.32. The fourth-order valence-corrected chi connectivity index (χ4v) is 6.72. The number of hydrogen-bond donors (Lipinski definition) is 3. The predicted molar refractivity (Wildman–Crippen MR) is 223 cm³/mol. The second-order valence-electron chi connectivity index (χ2n) is 16.2. The van der Waals surface area contributed by atoms with Gasteiger partial charge in [0.25, 0.3) is 5.91 Å². The third-order valence-corrected chi connectivity index (χ3v) is 11.6. The first-order valence-corrected chi connectivity index (χ1v) is 20.9. The molecule has 0 spiro atoms. The first-order valence-electron chi connectivity index (χ1n) is 20.9. The highest BCUT2D eigenvalue weighted by Gasteiger charge is 2.38. The molecule has 0 unspecified atom stereocenters. The van der Waals surface area contributed by atoms with E-state index in [9.17, 15) is 38.7 Å². The fourth-order valence-electron chi connectivity index (χ4n) is 6.72. The van der Waals surface area contributed by atoms with Crippen LogP contribution in [-0.2, 0) is 49.5 Å². The quantitative estimate of drug-likeness (QED) is 0.328. The summed E-state index contributed by atoms with van der Waals surface area (Å²) < 4.78 is 11.6. The van der Waals surface area contributed by atoms with Crippen LogP contribution in [0.15, 0.2) is 42.0 Å². The Bertz CT molecular complexity index is 1640. The molecule has 0 aliphatic carbocycles. The Morgan fingerprint density at radius 3 is 2.00 bits per heavy atom. The van der Waals surface area contributed by atoms with Crippen molar-refractivity contribution in [3.8, 4) is 0 Å². The van der Waals surface area contributed by atoms with Gasteiger partial charge in [0.1, 0.15) is 30.3 Å². The topological polar surface area (TPSA) is 192 Å². The van der Waals surface area contributed by atoms with Crippen molar-refractivity contribution in [3.05, 3.63) is 47.5 Å². The number of carbonyl (C=O) groups is 7. The molecule has 15 heteroatoms. The Hall–Kier alpha value is -4.79. The van der Waals surface area contributed by atoms with Crippen LogP contribution in [0.3, 0.4) is 0 Å². The minimum Gasteiger partial charge on any atom is -0.460 e. The van der Waals surface area contributed by atoms with Gasteiger partial charge in [0.2, 0.25) is 23.6 Å². The number of benzene rings is 1. The number of rotatable bonds is 8. The molecule has 2 rings (SSSR count). The predicted octanol–water partition coefficient (Wildman–Crippen LogP) is 3.41. The van der Waals surface area contributed by atoms with E-state index in [1.807, 2.05) is 39.0 Å². The number of hydrogen-bond acceptors (Lipinski definition) is 10. The normalized spacial score (nSPS) is 28.3. The Balaban J connectivity index is 2.63. The highest BCUT2D eigenvalue weighted by Crippen LogP contribution is 2.23. The summed E-state index contributed by atoms with van der Waals surface area (Å²) in [5.41, 5.74) is 0.891. The second-order valence-corrected chi connectivity index (χ2v) is 16.2. The van der Waals surface area contributed by atoms with Gasteiger partial charge in [0.05, 0.1) is 12.6 Å². The minimum atomic E-state index is -1.26. The maximum atomic E-state index is 14.2. The Kier molecular flexibility index (Phi) is 20.2. The molecule has 59 heavy (non-hydrogen) atoms. The number of likely N-dealkylation sites (N-methyl/N-ethyl adjacent to an activating group) is 3. The standard InChI is InChI=1S/C44H69N5O10/c1-13-19-35-29(7)34(50)23-22-28(6)43(56)59-38(27(5)15-3)39(52)45-30(8)40(53)49(12)33(24-32-20-17-16-18-21-32)41(54)47(10)25-36(51)46-37(26(4)14-2)42(55)48(11)31(9)44(57)58-35/h16-18,20-22,26-27,29-31,33-35,37-38,50H,13-15,19,23-25H2,1-12H3,(H,45,52)(H,46,51)/t26-,27-,29-,30-,31-,33+,34-,35+,37-,38+/m0/s1. The number of aliphatic hydroxyl groups excluding tert-OH is 1. The smallest absolute Gasteiger partial charge is 0.334 e. The van der Waals surface area contributed by atoms with E-state index in [0.29, 0.717) is 25.7 Å². The van der Waals surface area contributed by atoms with E-state index in [4.69, 9.17) is 9.47 Å². The highest BCUT2D eigenvalue weighted by atomic mass is 16.6. The van der Waals surface area contributed by atoms with Gasteiger partial charge in [-0.3, -0.25) is 24.0 Å². The van der Waals surface area contributed by atoms with E-state index in [-0.39, 0.29) is 24.3 Å². The summed E-state index contributed by atoms with van der Waals surface area (Å²) in [5, 5.41) is 16.7. The van der Waals surface area contributed by atoms with E-state index in [2.05, 4.69) is 10.6 Å². The molecule has 0 bridgehead atoms. The van der Waals surface area contributed by atoms with Crippen LogP contribution >= 0.6 is 0 Å². The van der Waals surface area contributed by atoms with Gasteiger partial charge in [-0.05, 0) is 51.5 Å². The Morgan fingerprint density at radius 1 is 0.814 bits per heavy atom. The molecule has 1 aromatic rings. The number of ether oxygens (including phenoxy) is 2. The lowest BCUT2D eigenvalue weighted by Crippen LogP contribution is -2.58. The van der Waals surface area contributed by atoms with Gasteiger partial charge in [0.15, 0.2) is 6.10 Å². The molecule has 0 aromatic heterocycles. The second kappa shape index (κ2) is 23.7. The molecule has 0 saturated carbocycles. The van der Waals surface area contributed by atoms with Gasteiger partial charge in [-0.2, -0.15) is 0 Å². The lowest BCUT2D eigenvalue weighted by molar-refractivity contribution is -0.163. The van der Waals surface area contributed by atoms with Gasteiger partial charge in [-0.15, -0.1) is 0 Å². The Labute approximate surface area is 350 Å². The van der Waals surface area contributed by atoms with E-state index < -0.39 is 102 Å². The van der Waals surface area contributed by atoms with E-state index in [1.54, 1.807) is 32.9 Å². The molecule has 15 nitrogen and oxygen atoms in total. The van der Waals surface area contributed by atoms with Crippen molar-refractivity contribution in [3.63, 3.8) is 0 Å². The summed E-state index contributed by atoms with van der Waals surface area (Å²) in [4.78, 5) is 99.9. The molecule has 5 amide bonds. The monoisotopic (exact) mass is 828 g/mol. The van der Waals surface area contributed by atoms with Crippen LogP contribution in [0.2, 0.25) is 0 Å². The van der Waals surface area contributed by atoms with Crippen LogP contribution in [-0.4, -0.2) is 131 Å². The first kappa shape index (κ1) is 50.4. The largest absolute Gasteiger partial charge is 0.460 e. The molecule has 1 aliphatic heterocycles. The van der Waals surface area contributed by atoms with Gasteiger partial charge in [0, 0.05) is 45.0 Å². The molecule has 0 radical (unpaired) electrons. The molecule has 0 fully saturated rings. The van der Waals surface area contributed by atoms with E-state index in [0.717, 1.165) is 5.56 Å². The van der Waals surface area contributed by atoms with Crippen LogP contribution in [0.5, 0.6) is 0 Å². The SMILES string of the molecule is CCC[C@H]1OC(=O)[C@H](C)N(C)C(=O)[C@H]([C@@H](C)CC)NC(=O)CN(C)C(=O)[C@@H](Cc2ccccc2)N(C)C(=O)[C@H](C)NC(=O)[C@@H]([C@@H](C)CC)OC(=O)C(C)=CC[C@H](O)[C@@H]1C. The zero-order chi connectivity index (χ0) is 44.7. The zero-order valence-electron chi connectivity index (χ0n) is 37.2. The van der Waals surface area contributed by atoms with Crippen LogP contribution in [0.1, 0.15) is 100.0 Å². The number of nitrogens with one attached hydrogen (secondary N) is 2. The van der Waals surface area contributed by atoms with Crippen molar-refractivity contribution < 1.29 is 48.1 Å². The Morgan fingerprint density at radius 2 is 1.42 bits per heavy atom. The van der Waals surface area contributed by atoms with Gasteiger partial charge in [-0.1, -0.05) is 90.8 Å². The van der Waals surface area contributed by atoms with Crippen molar-refractivity contribution >= 4 is 41.5 Å². The van der Waals surface area contributed by atoms with Crippen LogP contribution in [0.25, 0.3) is 0 Å². The van der Waals surface area contributed by atoms with E-state index in [1.165, 1.54) is 62.7 Å². The highest BCUT2D eigenvalue weighted by molar-refractivity contribution is 5.96. The van der Waals surface area contributed by atoms with Crippen molar-refractivity contribution in [2.24, 2.45) is 17.8 Å². The molecular formula is C44H69N5O10. The maximum absolute atomic E-state index is 14.2. The number of carbonyl (C=O) groups excluding carboxylic acids is 7. The third-order valence-electron chi connectivity index (χ3n) is 11.6. The first-order chi connectivity index (χ1) is 27.7. The fraction of sp³-hybridized carbons (Fsp3) is 0.659. The lowest BCUT2D eigenvalue weighted by Gasteiger charge is -2.34. The molecule has 1 heterocycles. The van der Waals surface area contributed by atoms with Crippen molar-refractivity contribution in [1.82, 2.24) is 25.3 Å². The summed E-state index contributed by atoms with van der Waals surface area (Å²) in [5.74, 6) is -5.84. The van der Waals surface area contributed by atoms with Crippen LogP contribution in [0.4, 0.5) is 0 Å². The summed E-state index contributed by atoms with van der Waals surface area (Å²) in [6.45, 7) is 14.9. The third kappa shape index (κ3) is 14.2. The van der Waals surface area contributed by atoms with Gasteiger partial charge in [-0.25, -0.2) is 9.59 Å². The molecule has 3 N–H and O–H groups in total.